The van der Waals surface area contributed by atoms with E-state index in [1.165, 1.54) is 18.4 Å². The first-order valence-corrected chi connectivity index (χ1v) is 9.76. The number of ether oxygens (including phenoxy) is 2. The molecule has 2 aromatic rings. The van der Waals surface area contributed by atoms with Gasteiger partial charge in [0.2, 0.25) is 0 Å². The summed E-state index contributed by atoms with van der Waals surface area (Å²) in [6, 6.07) is 0. The number of esters is 1. The van der Waals surface area contributed by atoms with Gasteiger partial charge in [0.1, 0.15) is 14.9 Å². The van der Waals surface area contributed by atoms with Gasteiger partial charge in [0.15, 0.2) is 5.16 Å². The van der Waals surface area contributed by atoms with Crippen molar-refractivity contribution in [3.63, 3.8) is 0 Å². The van der Waals surface area contributed by atoms with E-state index in [-0.39, 0.29) is 5.97 Å². The second-order valence-corrected chi connectivity index (χ2v) is 7.75. The number of thiophene rings is 1. The zero-order valence-corrected chi connectivity index (χ0v) is 15.9. The highest BCUT2D eigenvalue weighted by molar-refractivity contribution is 7.99. The van der Waals surface area contributed by atoms with Crippen LogP contribution in [0.25, 0.3) is 10.2 Å². The number of hydrogen-bond acceptors (Lipinski definition) is 8. The third-order valence-corrected chi connectivity index (χ3v) is 6.11. The highest BCUT2D eigenvalue weighted by Gasteiger charge is 2.20. The van der Waals surface area contributed by atoms with Crippen LogP contribution in [0.5, 0.6) is 0 Å². The van der Waals surface area contributed by atoms with Crippen LogP contribution in [-0.4, -0.2) is 66.5 Å². The second kappa shape index (κ2) is 7.97. The van der Waals surface area contributed by atoms with E-state index in [9.17, 15) is 4.79 Å². The van der Waals surface area contributed by atoms with Gasteiger partial charge < -0.3 is 9.47 Å². The van der Waals surface area contributed by atoms with Gasteiger partial charge in [-0.25, -0.2) is 14.8 Å². The van der Waals surface area contributed by atoms with Crippen LogP contribution in [0.1, 0.15) is 15.2 Å². The molecular weight excluding hydrogens is 370 g/mol. The topological polar surface area (TPSA) is 64.5 Å². The van der Waals surface area contributed by atoms with Gasteiger partial charge in [0.05, 0.1) is 25.7 Å². The first kappa shape index (κ1) is 17.9. The Morgan fingerprint density at radius 3 is 2.88 bits per heavy atom. The van der Waals surface area contributed by atoms with Crippen LogP contribution in [0.2, 0.25) is 5.15 Å². The first-order valence-electron chi connectivity index (χ1n) is 7.58. The van der Waals surface area contributed by atoms with E-state index in [2.05, 4.69) is 14.9 Å². The molecule has 9 heteroatoms. The van der Waals surface area contributed by atoms with Gasteiger partial charge >= 0.3 is 5.97 Å². The van der Waals surface area contributed by atoms with Crippen LogP contribution >= 0.6 is 34.7 Å². The number of thioether (sulfide) groups is 1. The second-order valence-electron chi connectivity index (χ2n) is 5.33. The summed E-state index contributed by atoms with van der Waals surface area (Å²) in [5.74, 6) is 0.517. The molecule has 0 unspecified atom stereocenters. The van der Waals surface area contributed by atoms with Gasteiger partial charge in [-0.2, -0.15) is 0 Å². The molecule has 24 heavy (non-hydrogen) atoms. The number of aromatic nitrogens is 2. The van der Waals surface area contributed by atoms with Crippen molar-refractivity contribution >= 4 is 50.9 Å². The fourth-order valence-corrected chi connectivity index (χ4v) is 4.93. The lowest BCUT2D eigenvalue weighted by Crippen LogP contribution is -2.37. The molecule has 3 rings (SSSR count). The van der Waals surface area contributed by atoms with Crippen LogP contribution in [0.4, 0.5) is 0 Å². The molecule has 2 aromatic heterocycles. The average molecular weight is 388 g/mol. The lowest BCUT2D eigenvalue weighted by Gasteiger charge is -2.26. The van der Waals surface area contributed by atoms with E-state index in [1.807, 2.05) is 6.92 Å². The van der Waals surface area contributed by atoms with E-state index in [1.54, 1.807) is 11.8 Å². The molecule has 1 saturated heterocycles. The van der Waals surface area contributed by atoms with Crippen LogP contribution in [0.15, 0.2) is 5.16 Å². The van der Waals surface area contributed by atoms with Crippen molar-refractivity contribution in [3.8, 4) is 0 Å². The Hall–Kier alpha value is -0.930. The Balaban J connectivity index is 1.73. The molecule has 3 heterocycles. The minimum absolute atomic E-state index is 0.368. The molecule has 0 aromatic carbocycles. The van der Waals surface area contributed by atoms with Crippen LogP contribution in [0.3, 0.4) is 0 Å². The number of halogens is 1. The van der Waals surface area contributed by atoms with Gasteiger partial charge in [-0.1, -0.05) is 23.4 Å². The van der Waals surface area contributed by atoms with Gasteiger partial charge in [-0.3, -0.25) is 4.90 Å². The van der Waals surface area contributed by atoms with Crippen LogP contribution in [-0.2, 0) is 9.47 Å². The quantitative estimate of drug-likeness (QED) is 0.338. The summed E-state index contributed by atoms with van der Waals surface area (Å²) < 4.78 is 10.2. The summed E-state index contributed by atoms with van der Waals surface area (Å²) in [5.41, 5.74) is 0.775. The number of carbonyl (C=O) groups is 1. The maximum atomic E-state index is 11.8. The maximum absolute atomic E-state index is 11.8. The predicted octanol–water partition coefficient (Wildman–Crippen LogP) is 2.86. The normalized spacial score (nSPS) is 15.8. The van der Waals surface area contributed by atoms with E-state index >= 15 is 0 Å². The highest BCUT2D eigenvalue weighted by Crippen LogP contribution is 2.35. The lowest BCUT2D eigenvalue weighted by atomic mass is 10.2. The molecule has 0 aliphatic carbocycles. The largest absolute Gasteiger partial charge is 0.465 e. The average Bonchev–Trinajstić information content (AvgIpc) is 2.92. The molecule has 0 saturated carbocycles. The molecule has 0 radical (unpaired) electrons. The number of nitrogens with zero attached hydrogens (tertiary/aromatic N) is 3. The number of fused-ring (bicyclic) bond motifs is 1. The van der Waals surface area contributed by atoms with Crippen LogP contribution in [0, 0.1) is 6.92 Å². The third kappa shape index (κ3) is 3.83. The Labute approximate surface area is 153 Å². The molecule has 0 N–H and O–H groups in total. The van der Waals surface area contributed by atoms with Gasteiger partial charge in [-0.15, -0.1) is 11.3 Å². The fraction of sp³-hybridized carbons (Fsp3) is 0.533. The zero-order valence-electron chi connectivity index (χ0n) is 13.5. The third-order valence-electron chi connectivity index (χ3n) is 3.84. The summed E-state index contributed by atoms with van der Waals surface area (Å²) in [4.78, 5) is 24.4. The van der Waals surface area contributed by atoms with Crippen molar-refractivity contribution < 1.29 is 14.3 Å². The van der Waals surface area contributed by atoms with E-state index in [4.69, 9.17) is 21.1 Å². The number of aryl methyl sites for hydroxylation is 1. The van der Waals surface area contributed by atoms with Crippen molar-refractivity contribution in [3.05, 3.63) is 15.6 Å². The van der Waals surface area contributed by atoms with Crippen molar-refractivity contribution in [2.45, 2.75) is 12.1 Å². The Morgan fingerprint density at radius 1 is 1.42 bits per heavy atom. The van der Waals surface area contributed by atoms with Crippen molar-refractivity contribution in [1.82, 2.24) is 14.9 Å². The molecule has 0 amide bonds. The predicted molar refractivity (Wildman–Crippen MR) is 96.5 cm³/mol. The van der Waals surface area contributed by atoms with Gasteiger partial charge in [0, 0.05) is 25.4 Å². The number of rotatable bonds is 5. The minimum Gasteiger partial charge on any atom is -0.465 e. The Morgan fingerprint density at radius 2 is 2.17 bits per heavy atom. The molecule has 1 aliphatic heterocycles. The Kier molecular flexibility index (Phi) is 5.93. The van der Waals surface area contributed by atoms with Crippen molar-refractivity contribution in [2.24, 2.45) is 0 Å². The lowest BCUT2D eigenvalue weighted by molar-refractivity contribution is 0.0410. The Bertz CT molecular complexity index is 747. The summed E-state index contributed by atoms with van der Waals surface area (Å²) in [6.07, 6.45) is 0. The first-order chi connectivity index (χ1) is 11.6. The van der Waals surface area contributed by atoms with E-state index < -0.39 is 0 Å². The van der Waals surface area contributed by atoms with Gasteiger partial charge in [0.25, 0.3) is 0 Å². The fourth-order valence-electron chi connectivity index (χ4n) is 2.51. The number of carbonyl (C=O) groups excluding carboxylic acids is 1. The molecule has 6 nitrogen and oxygen atoms in total. The molecular formula is C15H18ClN3O3S2. The van der Waals surface area contributed by atoms with Crippen LogP contribution < -0.4 is 0 Å². The van der Waals surface area contributed by atoms with Gasteiger partial charge in [-0.05, 0) is 12.5 Å². The monoisotopic (exact) mass is 387 g/mol. The SMILES string of the molecule is COC(=O)c1sc2nc(SCCN3CCOCC3)nc(Cl)c2c1C. The molecule has 1 fully saturated rings. The summed E-state index contributed by atoms with van der Waals surface area (Å²) >= 11 is 9.19. The zero-order chi connectivity index (χ0) is 17.1. The molecule has 0 spiro atoms. The molecule has 1 aliphatic rings. The van der Waals surface area contributed by atoms with E-state index in [0.717, 1.165) is 54.4 Å². The maximum Gasteiger partial charge on any atom is 0.348 e. The summed E-state index contributed by atoms with van der Waals surface area (Å²) in [6.45, 7) is 6.32. The number of methoxy groups -OCH3 is 1. The number of hydrogen-bond donors (Lipinski definition) is 0. The highest BCUT2D eigenvalue weighted by atomic mass is 35.5. The number of morpholine rings is 1. The van der Waals surface area contributed by atoms with Crippen molar-refractivity contribution in [1.29, 1.82) is 0 Å². The van der Waals surface area contributed by atoms with Crippen molar-refractivity contribution in [2.75, 3.05) is 45.7 Å². The minimum atomic E-state index is -0.368. The van der Waals surface area contributed by atoms with E-state index in [0.29, 0.717) is 15.2 Å². The molecule has 0 atom stereocenters. The molecule has 130 valence electrons. The molecule has 0 bridgehead atoms. The summed E-state index contributed by atoms with van der Waals surface area (Å²) in [7, 11) is 1.37. The smallest absolute Gasteiger partial charge is 0.348 e. The summed E-state index contributed by atoms with van der Waals surface area (Å²) in [5, 5.41) is 1.76. The standard InChI is InChI=1S/C15H18ClN3O3S2/c1-9-10-12(16)17-15(18-13(10)24-11(9)14(20)21-2)23-8-5-19-3-6-22-7-4-19/h3-8H2,1-2H3.